The van der Waals surface area contributed by atoms with Crippen LogP contribution in [-0.4, -0.2) is 55.9 Å². The molecule has 0 unspecified atom stereocenters. The minimum atomic E-state index is -0.274. The second-order valence-corrected chi connectivity index (χ2v) is 7.62. The van der Waals surface area contributed by atoms with Crippen LogP contribution in [0.2, 0.25) is 0 Å². The Hall–Kier alpha value is -1.37. The van der Waals surface area contributed by atoms with Crippen LogP contribution < -0.4 is 5.32 Å². The number of likely N-dealkylation sites (tertiary alicyclic amines) is 1. The molecule has 3 aliphatic rings. The summed E-state index contributed by atoms with van der Waals surface area (Å²) in [5.41, 5.74) is 1.20. The number of amides is 1. The molecule has 3 fully saturated rings. The third-order valence-electron chi connectivity index (χ3n) is 5.82. The van der Waals surface area contributed by atoms with E-state index in [9.17, 15) is 4.79 Å². The van der Waals surface area contributed by atoms with Crippen LogP contribution in [0.3, 0.4) is 0 Å². The van der Waals surface area contributed by atoms with E-state index >= 15 is 0 Å². The summed E-state index contributed by atoms with van der Waals surface area (Å²) in [6, 6.07) is 2.01. The van der Waals surface area contributed by atoms with Gasteiger partial charge in [0.25, 0.3) is 0 Å². The number of rotatable bonds is 5. The molecule has 0 spiro atoms. The quantitative estimate of drug-likeness (QED) is 0.879. The molecule has 0 saturated carbocycles. The number of carbonyl (C=O) groups excluding carboxylic acids is 1. The maximum absolute atomic E-state index is 12.5. The third-order valence-corrected chi connectivity index (χ3v) is 5.82. The first-order chi connectivity index (χ1) is 12.3. The second-order valence-electron chi connectivity index (χ2n) is 7.62. The maximum atomic E-state index is 12.5. The summed E-state index contributed by atoms with van der Waals surface area (Å²) in [4.78, 5) is 14.9. The minimum absolute atomic E-state index is 0.0716. The van der Waals surface area contributed by atoms with Gasteiger partial charge in [-0.3, -0.25) is 9.69 Å². The normalized spacial score (nSPS) is 31.0. The van der Waals surface area contributed by atoms with Gasteiger partial charge < -0.3 is 19.2 Å². The number of carbonyl (C=O) groups is 1. The van der Waals surface area contributed by atoms with Gasteiger partial charge in [0.2, 0.25) is 5.91 Å². The Labute approximate surface area is 148 Å². The van der Waals surface area contributed by atoms with Crippen LogP contribution in [0.15, 0.2) is 23.0 Å². The largest absolute Gasteiger partial charge is 0.472 e. The highest BCUT2D eigenvalue weighted by Crippen LogP contribution is 2.33. The predicted octanol–water partition coefficient (Wildman–Crippen LogP) is 1.80. The van der Waals surface area contributed by atoms with Crippen molar-refractivity contribution in [3.8, 4) is 0 Å². The van der Waals surface area contributed by atoms with Crippen molar-refractivity contribution in [3.63, 3.8) is 0 Å². The smallest absolute Gasteiger partial charge is 0.249 e. The Morgan fingerprint density at radius 2 is 2.16 bits per heavy atom. The van der Waals surface area contributed by atoms with Crippen LogP contribution in [0.25, 0.3) is 0 Å². The van der Waals surface area contributed by atoms with Gasteiger partial charge in [-0.1, -0.05) is 0 Å². The van der Waals surface area contributed by atoms with E-state index in [1.165, 1.54) is 5.56 Å². The molecule has 0 aliphatic carbocycles. The fourth-order valence-electron chi connectivity index (χ4n) is 4.26. The molecule has 6 nitrogen and oxygen atoms in total. The monoisotopic (exact) mass is 348 g/mol. The predicted molar refractivity (Wildman–Crippen MR) is 91.9 cm³/mol. The molecule has 1 aromatic rings. The van der Waals surface area contributed by atoms with Crippen molar-refractivity contribution in [2.45, 2.75) is 44.4 Å². The molecule has 4 rings (SSSR count). The first-order valence-corrected chi connectivity index (χ1v) is 9.52. The molecular formula is C19H28N2O4. The van der Waals surface area contributed by atoms with Crippen LogP contribution in [0.1, 0.15) is 31.2 Å². The Morgan fingerprint density at radius 3 is 2.96 bits per heavy atom. The number of ether oxygens (including phenoxy) is 2. The molecule has 3 aliphatic heterocycles. The van der Waals surface area contributed by atoms with E-state index in [0.717, 1.165) is 65.1 Å². The van der Waals surface area contributed by atoms with E-state index in [1.807, 2.05) is 6.07 Å². The first kappa shape index (κ1) is 17.1. The highest BCUT2D eigenvalue weighted by molar-refractivity contribution is 5.81. The summed E-state index contributed by atoms with van der Waals surface area (Å²) in [5, 5.41) is 3.11. The van der Waals surface area contributed by atoms with Gasteiger partial charge in [0.1, 0.15) is 6.10 Å². The molecular weight excluding hydrogens is 320 g/mol. The lowest BCUT2D eigenvalue weighted by Crippen LogP contribution is -2.42. The number of hydrogen-bond donors (Lipinski definition) is 1. The molecule has 1 amide bonds. The van der Waals surface area contributed by atoms with Gasteiger partial charge in [-0.05, 0) is 50.1 Å². The van der Waals surface area contributed by atoms with Gasteiger partial charge >= 0.3 is 0 Å². The zero-order valence-corrected chi connectivity index (χ0v) is 14.7. The number of fused-ring (bicyclic) bond motifs is 1. The highest BCUT2D eigenvalue weighted by atomic mass is 16.5. The molecule has 3 saturated heterocycles. The summed E-state index contributed by atoms with van der Waals surface area (Å²) in [5.74, 6) is 1.13. The topological polar surface area (TPSA) is 63.9 Å². The van der Waals surface area contributed by atoms with Crippen molar-refractivity contribution in [2.75, 3.05) is 32.8 Å². The molecule has 4 heterocycles. The first-order valence-electron chi connectivity index (χ1n) is 9.52. The average molecular weight is 348 g/mol. The molecule has 0 bridgehead atoms. The lowest BCUT2D eigenvalue weighted by molar-refractivity contribution is -0.133. The zero-order chi connectivity index (χ0) is 17.1. The van der Waals surface area contributed by atoms with Crippen molar-refractivity contribution in [1.82, 2.24) is 10.2 Å². The summed E-state index contributed by atoms with van der Waals surface area (Å²) >= 11 is 0. The Kier molecular flexibility index (Phi) is 5.39. The SMILES string of the molecule is O=C(NCC1CCOCC1)[C@@H]1C[C@H]2CCN(Cc3ccoc3)C[C@@H]2O1. The second kappa shape index (κ2) is 7.89. The summed E-state index contributed by atoms with van der Waals surface area (Å²) in [7, 11) is 0. The van der Waals surface area contributed by atoms with Crippen molar-refractivity contribution in [1.29, 1.82) is 0 Å². The Morgan fingerprint density at radius 1 is 1.28 bits per heavy atom. The van der Waals surface area contributed by atoms with Crippen LogP contribution in [-0.2, 0) is 20.8 Å². The van der Waals surface area contributed by atoms with Gasteiger partial charge in [0.15, 0.2) is 0 Å². The van der Waals surface area contributed by atoms with Gasteiger partial charge in [0.05, 0.1) is 18.6 Å². The van der Waals surface area contributed by atoms with Crippen LogP contribution >= 0.6 is 0 Å². The average Bonchev–Trinajstić information content (AvgIpc) is 3.30. The summed E-state index contributed by atoms with van der Waals surface area (Å²) in [6.45, 7) is 5.24. The summed E-state index contributed by atoms with van der Waals surface area (Å²) < 4.78 is 16.6. The van der Waals surface area contributed by atoms with Crippen molar-refractivity contribution in [2.24, 2.45) is 11.8 Å². The van der Waals surface area contributed by atoms with Gasteiger partial charge in [0, 0.05) is 38.4 Å². The van der Waals surface area contributed by atoms with Crippen molar-refractivity contribution in [3.05, 3.63) is 24.2 Å². The molecule has 138 valence electrons. The van der Waals surface area contributed by atoms with E-state index in [4.69, 9.17) is 13.9 Å². The molecule has 1 aromatic heterocycles. The van der Waals surface area contributed by atoms with Crippen molar-refractivity contribution >= 4 is 5.91 Å². The number of piperidine rings is 1. The van der Waals surface area contributed by atoms with Gasteiger partial charge in [-0.25, -0.2) is 0 Å². The fourth-order valence-corrected chi connectivity index (χ4v) is 4.26. The van der Waals surface area contributed by atoms with E-state index in [-0.39, 0.29) is 18.1 Å². The lowest BCUT2D eigenvalue weighted by Gasteiger charge is -2.33. The van der Waals surface area contributed by atoms with E-state index < -0.39 is 0 Å². The van der Waals surface area contributed by atoms with Gasteiger partial charge in [-0.2, -0.15) is 0 Å². The van der Waals surface area contributed by atoms with Gasteiger partial charge in [-0.15, -0.1) is 0 Å². The summed E-state index contributed by atoms with van der Waals surface area (Å²) in [6.07, 6.45) is 7.47. The molecule has 3 atom stereocenters. The van der Waals surface area contributed by atoms with E-state index in [1.54, 1.807) is 12.5 Å². The lowest BCUT2D eigenvalue weighted by atomic mass is 9.91. The molecule has 1 N–H and O–H groups in total. The number of furan rings is 1. The third kappa shape index (κ3) is 4.25. The van der Waals surface area contributed by atoms with Crippen LogP contribution in [0.5, 0.6) is 0 Å². The number of nitrogens with zero attached hydrogens (tertiary/aromatic N) is 1. The maximum Gasteiger partial charge on any atom is 0.249 e. The van der Waals surface area contributed by atoms with Crippen LogP contribution in [0, 0.1) is 11.8 Å². The standard InChI is InChI=1S/C19H28N2O4/c22-19(20-10-14-2-6-23-7-3-14)17-9-16-1-5-21(12-18(16)25-17)11-15-4-8-24-13-15/h4,8,13-14,16-18H,1-3,5-7,9-12H2,(H,20,22)/t16-,17+,18+/m1/s1. The molecule has 6 heteroatoms. The molecule has 25 heavy (non-hydrogen) atoms. The number of hydrogen-bond acceptors (Lipinski definition) is 5. The van der Waals surface area contributed by atoms with Crippen LogP contribution in [0.4, 0.5) is 0 Å². The minimum Gasteiger partial charge on any atom is -0.472 e. The Bertz CT molecular complexity index is 556. The molecule has 0 aromatic carbocycles. The van der Waals surface area contributed by atoms with E-state index in [2.05, 4.69) is 10.2 Å². The number of nitrogens with one attached hydrogen (secondary N) is 1. The van der Waals surface area contributed by atoms with Crippen molar-refractivity contribution < 1.29 is 18.7 Å². The van der Waals surface area contributed by atoms with E-state index in [0.29, 0.717) is 11.8 Å². The Balaban J connectivity index is 1.23. The zero-order valence-electron chi connectivity index (χ0n) is 14.7. The fraction of sp³-hybridized carbons (Fsp3) is 0.737. The highest BCUT2D eigenvalue weighted by Gasteiger charge is 2.41. The molecule has 0 radical (unpaired) electrons.